The van der Waals surface area contributed by atoms with Crippen molar-refractivity contribution < 1.29 is 9.13 Å². The van der Waals surface area contributed by atoms with Gasteiger partial charge in [-0.05, 0) is 30.7 Å². The molecule has 2 N–H and O–H groups in total. The molecule has 0 aliphatic rings. The van der Waals surface area contributed by atoms with Crippen molar-refractivity contribution in [2.24, 2.45) is 10.9 Å². The Kier molecular flexibility index (Phi) is 3.25. The summed E-state index contributed by atoms with van der Waals surface area (Å²) in [6, 6.07) is 4.56. The van der Waals surface area contributed by atoms with Crippen molar-refractivity contribution in [1.29, 1.82) is 0 Å². The van der Waals surface area contributed by atoms with Gasteiger partial charge in [-0.25, -0.2) is 4.39 Å². The summed E-state index contributed by atoms with van der Waals surface area (Å²) in [4.78, 5) is 0. The molecule has 0 saturated carbocycles. The summed E-state index contributed by atoms with van der Waals surface area (Å²) in [6.07, 6.45) is 1.37. The first-order chi connectivity index (χ1) is 6.27. The number of nitrogens with two attached hydrogens (primary N) is 1. The fourth-order valence-corrected chi connectivity index (χ4v) is 0.956. The Morgan fingerprint density at radius 2 is 2.38 bits per heavy atom. The number of benzene rings is 1. The van der Waals surface area contributed by atoms with Crippen LogP contribution in [0.5, 0.6) is 5.75 Å². The Labute approximate surface area is 76.0 Å². The quantitative estimate of drug-likeness (QED) is 0.437. The molecular formula is C9H11FN2O. The topological polar surface area (TPSA) is 47.6 Å². The molecule has 0 saturated heterocycles. The first kappa shape index (κ1) is 9.51. The highest BCUT2D eigenvalue weighted by atomic mass is 19.1. The van der Waals surface area contributed by atoms with Gasteiger partial charge < -0.3 is 10.6 Å². The van der Waals surface area contributed by atoms with Crippen LogP contribution in [0.3, 0.4) is 0 Å². The van der Waals surface area contributed by atoms with Crippen LogP contribution in [-0.4, -0.2) is 12.8 Å². The summed E-state index contributed by atoms with van der Waals surface area (Å²) in [5.74, 6) is 4.77. The van der Waals surface area contributed by atoms with Gasteiger partial charge in [0.05, 0.1) is 12.8 Å². The molecule has 13 heavy (non-hydrogen) atoms. The monoisotopic (exact) mass is 182 g/mol. The second-order valence-corrected chi connectivity index (χ2v) is 2.40. The molecule has 1 aromatic rings. The average Bonchev–Trinajstić information content (AvgIpc) is 2.10. The third kappa shape index (κ3) is 2.43. The van der Waals surface area contributed by atoms with Gasteiger partial charge in [-0.15, -0.1) is 0 Å². The third-order valence-corrected chi connectivity index (χ3v) is 1.48. The Bertz CT molecular complexity index is 312. The molecule has 0 amide bonds. The summed E-state index contributed by atoms with van der Waals surface area (Å²) in [7, 11) is 0. The summed E-state index contributed by atoms with van der Waals surface area (Å²) >= 11 is 0. The smallest absolute Gasteiger partial charge is 0.165 e. The number of halogens is 1. The zero-order valence-electron chi connectivity index (χ0n) is 7.33. The fourth-order valence-electron chi connectivity index (χ4n) is 0.956. The summed E-state index contributed by atoms with van der Waals surface area (Å²) in [6.45, 7) is 2.25. The van der Waals surface area contributed by atoms with Crippen molar-refractivity contribution >= 4 is 6.21 Å². The van der Waals surface area contributed by atoms with Crippen molar-refractivity contribution in [2.45, 2.75) is 6.92 Å². The van der Waals surface area contributed by atoms with E-state index in [0.29, 0.717) is 12.2 Å². The molecule has 0 aromatic heterocycles. The minimum Gasteiger partial charge on any atom is -0.491 e. The van der Waals surface area contributed by atoms with E-state index in [1.165, 1.54) is 12.3 Å². The van der Waals surface area contributed by atoms with Crippen molar-refractivity contribution in [3.05, 3.63) is 29.6 Å². The maximum atomic E-state index is 13.1. The van der Waals surface area contributed by atoms with E-state index >= 15 is 0 Å². The van der Waals surface area contributed by atoms with Gasteiger partial charge in [0.15, 0.2) is 11.6 Å². The van der Waals surface area contributed by atoms with Crippen LogP contribution in [0.2, 0.25) is 0 Å². The van der Waals surface area contributed by atoms with Crippen LogP contribution in [0.4, 0.5) is 4.39 Å². The lowest BCUT2D eigenvalue weighted by molar-refractivity contribution is 0.321. The van der Waals surface area contributed by atoms with Crippen LogP contribution in [0.15, 0.2) is 23.3 Å². The molecule has 0 fully saturated rings. The Balaban J connectivity index is 2.91. The number of ether oxygens (including phenoxy) is 1. The molecule has 1 aromatic carbocycles. The minimum absolute atomic E-state index is 0.247. The highest BCUT2D eigenvalue weighted by molar-refractivity contribution is 5.79. The Morgan fingerprint density at radius 1 is 1.62 bits per heavy atom. The van der Waals surface area contributed by atoms with Crippen molar-refractivity contribution in [3.8, 4) is 5.75 Å². The molecule has 0 aliphatic carbocycles. The van der Waals surface area contributed by atoms with E-state index in [0.717, 1.165) is 0 Å². The molecule has 0 atom stereocenters. The first-order valence-electron chi connectivity index (χ1n) is 3.93. The first-order valence-corrected chi connectivity index (χ1v) is 3.93. The molecule has 4 heteroatoms. The van der Waals surface area contributed by atoms with E-state index in [1.807, 2.05) is 0 Å². The van der Waals surface area contributed by atoms with E-state index in [2.05, 4.69) is 5.10 Å². The second-order valence-electron chi connectivity index (χ2n) is 2.40. The van der Waals surface area contributed by atoms with Crippen molar-refractivity contribution in [3.63, 3.8) is 0 Å². The van der Waals surface area contributed by atoms with Crippen molar-refractivity contribution in [2.75, 3.05) is 6.61 Å². The van der Waals surface area contributed by atoms with Crippen LogP contribution < -0.4 is 10.6 Å². The average molecular weight is 182 g/mol. The van der Waals surface area contributed by atoms with E-state index in [4.69, 9.17) is 10.6 Å². The van der Waals surface area contributed by atoms with E-state index < -0.39 is 5.82 Å². The standard InChI is InChI=1S/C9H11FN2O/c1-2-13-9-4-3-7(6-12-11)5-8(9)10/h3-6H,2,11H2,1H3. The third-order valence-electron chi connectivity index (χ3n) is 1.48. The largest absolute Gasteiger partial charge is 0.491 e. The van der Waals surface area contributed by atoms with Crippen LogP contribution in [0.1, 0.15) is 12.5 Å². The molecule has 0 spiro atoms. The molecule has 1 rings (SSSR count). The van der Waals surface area contributed by atoms with Crippen molar-refractivity contribution in [1.82, 2.24) is 0 Å². The van der Waals surface area contributed by atoms with Gasteiger partial charge >= 0.3 is 0 Å². The molecule has 0 aliphatic heterocycles. The lowest BCUT2D eigenvalue weighted by Crippen LogP contribution is -1.95. The van der Waals surface area contributed by atoms with E-state index in [-0.39, 0.29) is 5.75 Å². The second kappa shape index (κ2) is 4.45. The summed E-state index contributed by atoms with van der Waals surface area (Å²) < 4.78 is 18.2. The Hall–Kier alpha value is -1.58. The highest BCUT2D eigenvalue weighted by Gasteiger charge is 2.02. The van der Waals surface area contributed by atoms with Crippen LogP contribution in [-0.2, 0) is 0 Å². The van der Waals surface area contributed by atoms with Crippen LogP contribution in [0, 0.1) is 5.82 Å². The molecule has 3 nitrogen and oxygen atoms in total. The molecular weight excluding hydrogens is 171 g/mol. The summed E-state index contributed by atoms with van der Waals surface area (Å²) in [5.41, 5.74) is 0.614. The van der Waals surface area contributed by atoms with Gasteiger partial charge in [-0.3, -0.25) is 0 Å². The lowest BCUT2D eigenvalue weighted by atomic mass is 10.2. The lowest BCUT2D eigenvalue weighted by Gasteiger charge is -2.03. The normalized spacial score (nSPS) is 10.6. The van der Waals surface area contributed by atoms with Gasteiger partial charge in [0.2, 0.25) is 0 Å². The van der Waals surface area contributed by atoms with Gasteiger partial charge in [-0.1, -0.05) is 0 Å². The van der Waals surface area contributed by atoms with Gasteiger partial charge in [0, 0.05) is 0 Å². The Morgan fingerprint density at radius 3 is 2.92 bits per heavy atom. The molecule has 0 heterocycles. The number of hydrazone groups is 1. The number of rotatable bonds is 3. The van der Waals surface area contributed by atoms with E-state index in [1.54, 1.807) is 19.1 Å². The maximum Gasteiger partial charge on any atom is 0.165 e. The molecule has 0 radical (unpaired) electrons. The highest BCUT2D eigenvalue weighted by Crippen LogP contribution is 2.17. The van der Waals surface area contributed by atoms with E-state index in [9.17, 15) is 4.39 Å². The minimum atomic E-state index is -0.403. The number of hydrogen-bond donors (Lipinski definition) is 1. The van der Waals surface area contributed by atoms with Crippen LogP contribution in [0.25, 0.3) is 0 Å². The maximum absolute atomic E-state index is 13.1. The van der Waals surface area contributed by atoms with Gasteiger partial charge in [0.25, 0.3) is 0 Å². The number of hydrogen-bond acceptors (Lipinski definition) is 3. The molecule has 0 bridgehead atoms. The predicted molar refractivity (Wildman–Crippen MR) is 49.4 cm³/mol. The zero-order valence-corrected chi connectivity index (χ0v) is 7.33. The van der Waals surface area contributed by atoms with Gasteiger partial charge in [0.1, 0.15) is 0 Å². The van der Waals surface area contributed by atoms with Crippen LogP contribution >= 0.6 is 0 Å². The molecule has 0 unspecified atom stereocenters. The van der Waals surface area contributed by atoms with Gasteiger partial charge in [-0.2, -0.15) is 5.10 Å². The predicted octanol–water partition coefficient (Wildman–Crippen LogP) is 1.52. The number of nitrogens with zero attached hydrogens (tertiary/aromatic N) is 1. The fraction of sp³-hybridized carbons (Fsp3) is 0.222. The molecule has 70 valence electrons. The summed E-state index contributed by atoms with van der Waals surface area (Å²) in [5, 5.41) is 3.29. The zero-order chi connectivity index (χ0) is 9.68. The SMILES string of the molecule is CCOc1ccc(C=NN)cc1F.